The number of phosphoric acid groups is 1. The van der Waals surface area contributed by atoms with Crippen LogP contribution in [0.1, 0.15) is 142 Å². The number of aliphatic hydroxyl groups is 1. The number of rotatable bonds is 32. The van der Waals surface area contributed by atoms with E-state index < -0.39 is 26.6 Å². The van der Waals surface area contributed by atoms with E-state index in [1.54, 1.807) is 6.08 Å². The lowest BCUT2D eigenvalue weighted by Gasteiger charge is -2.29. The highest BCUT2D eigenvalue weighted by molar-refractivity contribution is 7.45. The van der Waals surface area contributed by atoms with Crippen LogP contribution in [-0.4, -0.2) is 68.5 Å². The lowest BCUT2D eigenvalue weighted by molar-refractivity contribution is -0.870. The Kier molecular flexibility index (Phi) is 29.0. The fraction of sp³-hybridized carbons (Fsp3) is 0.811. The Morgan fingerprint density at radius 2 is 1.22 bits per heavy atom. The molecule has 270 valence electrons. The molecule has 0 heterocycles. The summed E-state index contributed by atoms with van der Waals surface area (Å²) < 4.78 is 23.0. The molecule has 8 nitrogen and oxygen atoms in total. The first-order chi connectivity index (χ1) is 22.0. The second-order valence-electron chi connectivity index (χ2n) is 13.6. The van der Waals surface area contributed by atoms with Gasteiger partial charge in [-0.25, -0.2) is 0 Å². The number of likely N-dealkylation sites (N-methyl/N-ethyl adjacent to an activating group) is 1. The van der Waals surface area contributed by atoms with Crippen LogP contribution in [0.2, 0.25) is 0 Å². The summed E-state index contributed by atoms with van der Waals surface area (Å²) in [5, 5.41) is 13.6. The van der Waals surface area contributed by atoms with Crippen LogP contribution in [0.15, 0.2) is 36.5 Å². The smallest absolute Gasteiger partial charge is 0.268 e. The first kappa shape index (κ1) is 44.7. The van der Waals surface area contributed by atoms with E-state index in [9.17, 15) is 19.4 Å². The molecule has 9 heteroatoms. The van der Waals surface area contributed by atoms with Crippen LogP contribution >= 0.6 is 7.82 Å². The number of aliphatic hydroxyl groups excluding tert-OH is 1. The number of carbonyl (C=O) groups is 1. The van der Waals surface area contributed by atoms with E-state index in [1.165, 1.54) is 70.6 Å². The highest BCUT2D eigenvalue weighted by atomic mass is 31.2. The Labute approximate surface area is 283 Å². The van der Waals surface area contributed by atoms with Gasteiger partial charge in [0, 0.05) is 6.42 Å². The molecule has 3 atom stereocenters. The van der Waals surface area contributed by atoms with Crippen molar-refractivity contribution in [1.29, 1.82) is 0 Å². The van der Waals surface area contributed by atoms with E-state index in [-0.39, 0.29) is 12.5 Å². The number of nitrogens with zero attached hydrogens (tertiary/aromatic N) is 1. The van der Waals surface area contributed by atoms with Crippen molar-refractivity contribution in [2.24, 2.45) is 0 Å². The zero-order valence-electron chi connectivity index (χ0n) is 30.3. The highest BCUT2D eigenvalue weighted by Crippen LogP contribution is 2.38. The minimum atomic E-state index is -4.58. The van der Waals surface area contributed by atoms with Gasteiger partial charge in [-0.05, 0) is 38.5 Å². The van der Waals surface area contributed by atoms with Crippen molar-refractivity contribution in [3.05, 3.63) is 36.5 Å². The average molecular weight is 671 g/mol. The summed E-state index contributed by atoms with van der Waals surface area (Å²) in [5.74, 6) is -0.216. The van der Waals surface area contributed by atoms with Gasteiger partial charge in [-0.3, -0.25) is 9.36 Å². The summed E-state index contributed by atoms with van der Waals surface area (Å²) >= 11 is 0. The van der Waals surface area contributed by atoms with Gasteiger partial charge in [-0.1, -0.05) is 134 Å². The van der Waals surface area contributed by atoms with E-state index >= 15 is 0 Å². The Hall–Kier alpha value is -1.28. The molecule has 0 spiro atoms. The third-order valence-electron chi connectivity index (χ3n) is 7.83. The van der Waals surface area contributed by atoms with E-state index in [0.29, 0.717) is 17.4 Å². The molecule has 0 saturated carbocycles. The molecule has 0 aliphatic heterocycles. The number of phosphoric ester groups is 1. The van der Waals surface area contributed by atoms with Crippen molar-refractivity contribution in [2.45, 2.75) is 154 Å². The van der Waals surface area contributed by atoms with E-state index in [0.717, 1.165) is 51.4 Å². The fourth-order valence-corrected chi connectivity index (χ4v) is 5.54. The van der Waals surface area contributed by atoms with Crippen LogP contribution in [0.25, 0.3) is 0 Å². The molecule has 0 aliphatic rings. The molecule has 0 aromatic carbocycles. The third-order valence-corrected chi connectivity index (χ3v) is 8.79. The third kappa shape index (κ3) is 31.3. The molecule has 0 saturated heterocycles. The molecule has 3 unspecified atom stereocenters. The van der Waals surface area contributed by atoms with Gasteiger partial charge in [0.25, 0.3) is 7.82 Å². The number of quaternary nitrogens is 1. The summed E-state index contributed by atoms with van der Waals surface area (Å²) in [6.45, 7) is 4.53. The van der Waals surface area contributed by atoms with Gasteiger partial charge in [0.15, 0.2) is 0 Å². The van der Waals surface area contributed by atoms with Crippen LogP contribution in [0.3, 0.4) is 0 Å². The topological polar surface area (TPSA) is 108 Å². The number of allylic oxidation sites excluding steroid dienone is 5. The monoisotopic (exact) mass is 671 g/mol. The van der Waals surface area contributed by atoms with Crippen molar-refractivity contribution in [3.63, 3.8) is 0 Å². The Bertz CT molecular complexity index is 855. The van der Waals surface area contributed by atoms with Gasteiger partial charge in [0.2, 0.25) is 5.91 Å². The lowest BCUT2D eigenvalue weighted by Crippen LogP contribution is -2.45. The molecular weight excluding hydrogens is 599 g/mol. The quantitative estimate of drug-likeness (QED) is 0.0321. The van der Waals surface area contributed by atoms with Crippen LogP contribution in [0.4, 0.5) is 0 Å². The van der Waals surface area contributed by atoms with Gasteiger partial charge in [-0.15, -0.1) is 0 Å². The van der Waals surface area contributed by atoms with E-state index in [1.807, 2.05) is 27.2 Å². The maximum atomic E-state index is 12.7. The van der Waals surface area contributed by atoms with Crippen molar-refractivity contribution in [3.8, 4) is 0 Å². The SMILES string of the molecule is CCCC/C=C/CC/C=C/CC/C=C/C(O)C(COP(=O)([O-])OCC[N+](C)(C)C)NC(=O)CCCCCCCCCCCCCC. The first-order valence-electron chi connectivity index (χ1n) is 18.4. The molecule has 46 heavy (non-hydrogen) atoms. The van der Waals surface area contributed by atoms with Gasteiger partial charge < -0.3 is 28.8 Å². The maximum absolute atomic E-state index is 12.7. The van der Waals surface area contributed by atoms with Crippen molar-refractivity contribution in [1.82, 2.24) is 5.32 Å². The number of unbranched alkanes of at least 4 members (excludes halogenated alkanes) is 15. The van der Waals surface area contributed by atoms with Gasteiger partial charge in [-0.2, -0.15) is 0 Å². The van der Waals surface area contributed by atoms with E-state index in [2.05, 4.69) is 43.5 Å². The number of carbonyl (C=O) groups excluding carboxylic acids is 1. The minimum Gasteiger partial charge on any atom is -0.756 e. The summed E-state index contributed by atoms with van der Waals surface area (Å²) in [6.07, 6.45) is 33.3. The predicted octanol–water partition coefficient (Wildman–Crippen LogP) is 8.55. The second-order valence-corrected chi connectivity index (χ2v) is 15.0. The summed E-state index contributed by atoms with van der Waals surface area (Å²) in [6, 6.07) is -0.902. The number of amides is 1. The first-order valence-corrected chi connectivity index (χ1v) is 19.8. The minimum absolute atomic E-state index is 0.00855. The molecule has 0 aromatic rings. The molecule has 0 aromatic heterocycles. The summed E-state index contributed by atoms with van der Waals surface area (Å²) in [4.78, 5) is 25.1. The average Bonchev–Trinajstić information content (AvgIpc) is 2.99. The van der Waals surface area contributed by atoms with E-state index in [4.69, 9.17) is 9.05 Å². The van der Waals surface area contributed by atoms with Crippen LogP contribution in [-0.2, 0) is 18.4 Å². The molecule has 2 N–H and O–H groups in total. The van der Waals surface area contributed by atoms with Crippen LogP contribution < -0.4 is 10.2 Å². The predicted molar refractivity (Wildman–Crippen MR) is 191 cm³/mol. The molecular formula is C37H71N2O6P. The molecule has 0 aliphatic carbocycles. The number of nitrogens with one attached hydrogen (secondary N) is 1. The standard InChI is InChI=1S/C37H71N2O6P/c1-6-8-10-12-14-16-18-20-22-24-26-28-30-36(40)35(34-45-46(42,43)44-33-32-39(3,4)5)38-37(41)31-29-27-25-23-21-19-17-15-13-11-9-7-2/h12,14,20,22,28,30,35-36,40H,6-11,13,15-19,21,23-27,29,31-34H2,1-5H3,(H-,38,41,42,43)/b14-12+,22-20+,30-28+. The van der Waals surface area contributed by atoms with Crippen molar-refractivity contribution >= 4 is 13.7 Å². The largest absolute Gasteiger partial charge is 0.756 e. The molecule has 0 bridgehead atoms. The van der Waals surface area contributed by atoms with Gasteiger partial charge in [0.1, 0.15) is 13.2 Å². The van der Waals surface area contributed by atoms with Gasteiger partial charge in [0.05, 0.1) is 39.9 Å². The summed E-state index contributed by atoms with van der Waals surface area (Å²) in [5.41, 5.74) is 0. The number of hydrogen-bond donors (Lipinski definition) is 2. The molecule has 1 amide bonds. The maximum Gasteiger partial charge on any atom is 0.268 e. The Morgan fingerprint density at radius 1 is 0.739 bits per heavy atom. The Morgan fingerprint density at radius 3 is 1.74 bits per heavy atom. The molecule has 0 rings (SSSR count). The van der Waals surface area contributed by atoms with Crippen molar-refractivity contribution in [2.75, 3.05) is 40.9 Å². The number of hydrogen-bond acceptors (Lipinski definition) is 6. The zero-order valence-corrected chi connectivity index (χ0v) is 31.2. The molecule has 0 fully saturated rings. The highest BCUT2D eigenvalue weighted by Gasteiger charge is 2.23. The van der Waals surface area contributed by atoms with Crippen LogP contribution in [0, 0.1) is 0 Å². The zero-order chi connectivity index (χ0) is 34.4. The van der Waals surface area contributed by atoms with Crippen molar-refractivity contribution < 1.29 is 32.9 Å². The Balaban J connectivity index is 4.64. The lowest BCUT2D eigenvalue weighted by atomic mass is 10.0. The summed E-state index contributed by atoms with van der Waals surface area (Å²) in [7, 11) is 1.23. The fourth-order valence-electron chi connectivity index (χ4n) is 4.81. The second kappa shape index (κ2) is 29.8. The normalized spacial score (nSPS) is 15.2. The molecule has 0 radical (unpaired) electrons. The van der Waals surface area contributed by atoms with Crippen LogP contribution in [0.5, 0.6) is 0 Å². The van der Waals surface area contributed by atoms with Gasteiger partial charge >= 0.3 is 0 Å².